The van der Waals surface area contributed by atoms with Crippen LogP contribution in [0.15, 0.2) is 59.6 Å². The van der Waals surface area contributed by atoms with Crippen molar-refractivity contribution in [3.63, 3.8) is 0 Å². The smallest absolute Gasteiger partial charge is 0.180 e. The summed E-state index contributed by atoms with van der Waals surface area (Å²) in [6, 6.07) is 14.2. The molecule has 6 heteroatoms. The second-order valence-electron chi connectivity index (χ2n) is 6.79. The van der Waals surface area contributed by atoms with Gasteiger partial charge in [0.25, 0.3) is 0 Å². The third kappa shape index (κ3) is 4.64. The van der Waals surface area contributed by atoms with E-state index < -0.39 is 15.1 Å². The second-order valence-corrected chi connectivity index (χ2v) is 9.29. The number of benzene rings is 2. The van der Waals surface area contributed by atoms with E-state index in [2.05, 4.69) is 21.8 Å². The van der Waals surface area contributed by atoms with Gasteiger partial charge in [0.05, 0.1) is 34.8 Å². The number of methoxy groups -OCH3 is 1. The summed E-state index contributed by atoms with van der Waals surface area (Å²) in [7, 11) is -1.69. The van der Waals surface area contributed by atoms with E-state index in [1.165, 1.54) is 0 Å². The molecule has 0 saturated carbocycles. The van der Waals surface area contributed by atoms with Gasteiger partial charge in [0, 0.05) is 12.6 Å². The Morgan fingerprint density at radius 1 is 1.07 bits per heavy atom. The van der Waals surface area contributed by atoms with Crippen molar-refractivity contribution in [2.24, 2.45) is 0 Å². The summed E-state index contributed by atoms with van der Waals surface area (Å²) in [4.78, 5) is 9.30. The molecule has 0 spiro atoms. The van der Waals surface area contributed by atoms with Crippen molar-refractivity contribution >= 4 is 9.84 Å². The summed E-state index contributed by atoms with van der Waals surface area (Å²) in [5.41, 5.74) is 3.54. The number of hydrogen-bond acceptors (Lipinski definition) is 5. The molecule has 0 N–H and O–H groups in total. The summed E-state index contributed by atoms with van der Waals surface area (Å²) in [5, 5.41) is -0.467. The van der Waals surface area contributed by atoms with Crippen LogP contribution in [-0.2, 0) is 9.84 Å². The van der Waals surface area contributed by atoms with Crippen molar-refractivity contribution in [3.05, 3.63) is 71.7 Å². The summed E-state index contributed by atoms with van der Waals surface area (Å²) in [6.45, 7) is 5.19. The van der Waals surface area contributed by atoms with Crippen LogP contribution in [0.2, 0.25) is 0 Å². The number of nitrogens with zero attached hydrogens (tertiary/aromatic N) is 2. The van der Waals surface area contributed by atoms with Gasteiger partial charge in [0.1, 0.15) is 11.4 Å². The summed E-state index contributed by atoms with van der Waals surface area (Å²) >= 11 is 0. The standard InChI is InChI=1S/C23H22N2O3S.H2/c1-16(2)29(26,27)21-11-9-19(10-12-21)23-15-24-17(3)22(25-23)13-8-18-6-5-7-20(14-18)28-4;/h5-7,9-12,14-16H,1-4H3;1H. The molecule has 0 bridgehead atoms. The highest BCUT2D eigenvalue weighted by Gasteiger charge is 2.19. The third-order valence-electron chi connectivity index (χ3n) is 4.45. The Hall–Kier alpha value is -3.17. The Bertz CT molecular complexity index is 1200. The van der Waals surface area contributed by atoms with Gasteiger partial charge in [0.15, 0.2) is 9.84 Å². The Labute approximate surface area is 173 Å². The molecular weight excluding hydrogens is 384 g/mol. The van der Waals surface area contributed by atoms with Crippen LogP contribution in [0.1, 0.15) is 32.2 Å². The molecule has 0 aliphatic rings. The Morgan fingerprint density at radius 3 is 2.45 bits per heavy atom. The summed E-state index contributed by atoms with van der Waals surface area (Å²) in [6.07, 6.45) is 1.66. The molecule has 1 heterocycles. The van der Waals surface area contributed by atoms with E-state index in [9.17, 15) is 8.42 Å². The molecule has 0 atom stereocenters. The molecule has 0 radical (unpaired) electrons. The molecule has 0 aliphatic heterocycles. The molecule has 5 nitrogen and oxygen atoms in total. The number of ether oxygens (including phenoxy) is 1. The minimum absolute atomic E-state index is 0. The number of sulfone groups is 1. The minimum Gasteiger partial charge on any atom is -0.497 e. The maximum atomic E-state index is 12.3. The topological polar surface area (TPSA) is 69.2 Å². The number of aryl methyl sites for hydroxylation is 1. The monoisotopic (exact) mass is 408 g/mol. The van der Waals surface area contributed by atoms with Crippen LogP contribution in [0.5, 0.6) is 5.75 Å². The number of hydrogen-bond donors (Lipinski definition) is 0. The normalized spacial score (nSPS) is 11.1. The van der Waals surface area contributed by atoms with Gasteiger partial charge < -0.3 is 4.74 Å². The van der Waals surface area contributed by atoms with Crippen LogP contribution in [-0.4, -0.2) is 30.7 Å². The lowest BCUT2D eigenvalue weighted by Crippen LogP contribution is -2.13. The zero-order valence-electron chi connectivity index (χ0n) is 16.8. The lowest BCUT2D eigenvalue weighted by molar-refractivity contribution is 0.414. The van der Waals surface area contributed by atoms with Crippen molar-refractivity contribution in [3.8, 4) is 28.8 Å². The van der Waals surface area contributed by atoms with E-state index in [0.29, 0.717) is 16.3 Å². The van der Waals surface area contributed by atoms with Gasteiger partial charge in [-0.2, -0.15) is 0 Å². The highest BCUT2D eigenvalue weighted by molar-refractivity contribution is 7.92. The largest absolute Gasteiger partial charge is 0.497 e. The average molecular weight is 409 g/mol. The maximum absolute atomic E-state index is 12.3. The molecule has 3 aromatic rings. The van der Waals surface area contributed by atoms with E-state index in [1.807, 2.05) is 31.2 Å². The van der Waals surface area contributed by atoms with E-state index >= 15 is 0 Å². The molecule has 0 unspecified atom stereocenters. The highest BCUT2D eigenvalue weighted by Crippen LogP contribution is 2.22. The van der Waals surface area contributed by atoms with Gasteiger partial charge in [-0.3, -0.25) is 4.98 Å². The van der Waals surface area contributed by atoms with E-state index in [1.54, 1.807) is 51.4 Å². The van der Waals surface area contributed by atoms with Crippen molar-refractivity contribution in [1.29, 1.82) is 0 Å². The molecule has 0 amide bonds. The molecule has 0 fully saturated rings. The quantitative estimate of drug-likeness (QED) is 0.603. The first kappa shape index (κ1) is 20.6. The van der Waals surface area contributed by atoms with Crippen LogP contribution in [0.3, 0.4) is 0 Å². The van der Waals surface area contributed by atoms with E-state index in [0.717, 1.165) is 22.6 Å². The number of rotatable bonds is 4. The molecule has 0 aliphatic carbocycles. The fourth-order valence-electron chi connectivity index (χ4n) is 2.63. The van der Waals surface area contributed by atoms with Crippen molar-refractivity contribution in [2.75, 3.05) is 7.11 Å². The van der Waals surface area contributed by atoms with Crippen LogP contribution < -0.4 is 4.74 Å². The molecular formula is C23H24N2O3S. The van der Waals surface area contributed by atoms with Crippen LogP contribution in [0.25, 0.3) is 11.3 Å². The summed E-state index contributed by atoms with van der Waals surface area (Å²) < 4.78 is 29.8. The first-order chi connectivity index (χ1) is 13.8. The predicted molar refractivity (Wildman–Crippen MR) is 116 cm³/mol. The van der Waals surface area contributed by atoms with Crippen LogP contribution in [0, 0.1) is 18.8 Å². The van der Waals surface area contributed by atoms with E-state index in [4.69, 9.17) is 4.74 Å². The van der Waals surface area contributed by atoms with Gasteiger partial charge in [-0.05, 0) is 57.0 Å². The SMILES string of the molecule is COc1cccc(C#Cc2nc(-c3ccc(S(=O)(=O)C(C)C)cc3)cnc2C)c1.[HH]. The zero-order valence-corrected chi connectivity index (χ0v) is 17.6. The van der Waals surface area contributed by atoms with Gasteiger partial charge in [-0.25, -0.2) is 13.4 Å². The first-order valence-electron chi connectivity index (χ1n) is 9.15. The number of aromatic nitrogens is 2. The Balaban J connectivity index is 0.00000320. The maximum Gasteiger partial charge on any atom is 0.180 e. The average Bonchev–Trinajstić information content (AvgIpc) is 2.73. The minimum atomic E-state index is -3.30. The predicted octanol–water partition coefficient (Wildman–Crippen LogP) is 4.29. The molecule has 0 saturated heterocycles. The molecule has 29 heavy (non-hydrogen) atoms. The van der Waals surface area contributed by atoms with Crippen molar-refractivity contribution in [1.82, 2.24) is 9.97 Å². The van der Waals surface area contributed by atoms with E-state index in [-0.39, 0.29) is 1.43 Å². The fourth-order valence-corrected chi connectivity index (χ4v) is 3.69. The van der Waals surface area contributed by atoms with Gasteiger partial charge in [0.2, 0.25) is 0 Å². The molecule has 150 valence electrons. The molecule has 2 aromatic carbocycles. The van der Waals surface area contributed by atoms with Gasteiger partial charge >= 0.3 is 0 Å². The molecule has 1 aromatic heterocycles. The first-order valence-corrected chi connectivity index (χ1v) is 10.7. The Kier molecular flexibility index (Phi) is 6.00. The highest BCUT2D eigenvalue weighted by atomic mass is 32.2. The Morgan fingerprint density at radius 2 is 1.79 bits per heavy atom. The van der Waals surface area contributed by atoms with Gasteiger partial charge in [-0.1, -0.05) is 24.1 Å². The fraction of sp³-hybridized carbons (Fsp3) is 0.217. The lowest BCUT2D eigenvalue weighted by atomic mass is 10.1. The summed E-state index contributed by atoms with van der Waals surface area (Å²) in [5.74, 6) is 6.89. The van der Waals surface area contributed by atoms with Crippen molar-refractivity contribution in [2.45, 2.75) is 30.9 Å². The van der Waals surface area contributed by atoms with Gasteiger partial charge in [-0.15, -0.1) is 0 Å². The van der Waals surface area contributed by atoms with Crippen LogP contribution in [0.4, 0.5) is 0 Å². The molecule has 3 rings (SSSR count). The second kappa shape index (κ2) is 8.46. The third-order valence-corrected chi connectivity index (χ3v) is 6.62. The van der Waals surface area contributed by atoms with Crippen LogP contribution >= 0.6 is 0 Å². The zero-order chi connectivity index (χ0) is 21.0. The van der Waals surface area contributed by atoms with Crippen molar-refractivity contribution < 1.29 is 14.6 Å². The lowest BCUT2D eigenvalue weighted by Gasteiger charge is -2.09.